The van der Waals surface area contributed by atoms with Crippen molar-refractivity contribution in [2.45, 2.75) is 51.6 Å². The third-order valence-corrected chi connectivity index (χ3v) is 3.71. The Labute approximate surface area is 114 Å². The van der Waals surface area contributed by atoms with Crippen molar-refractivity contribution in [2.75, 3.05) is 6.54 Å². The van der Waals surface area contributed by atoms with Gasteiger partial charge in [0, 0.05) is 31.0 Å². The largest absolute Gasteiger partial charge is 0.363 e. The quantitative estimate of drug-likeness (QED) is 0.632. The predicted molar refractivity (Wildman–Crippen MR) is 77.6 cm³/mol. The van der Waals surface area contributed by atoms with Gasteiger partial charge in [-0.2, -0.15) is 5.10 Å². The highest BCUT2D eigenvalue weighted by atomic mass is 32.1. The fourth-order valence-electron chi connectivity index (χ4n) is 2.37. The van der Waals surface area contributed by atoms with E-state index in [1.54, 1.807) is 0 Å². The lowest BCUT2D eigenvalue weighted by Gasteiger charge is -2.15. The molecule has 4 nitrogen and oxygen atoms in total. The maximum absolute atomic E-state index is 5.29. The number of aryl methyl sites for hydroxylation is 2. The van der Waals surface area contributed by atoms with E-state index >= 15 is 0 Å². The maximum Gasteiger partial charge on any atom is 0.166 e. The van der Waals surface area contributed by atoms with Crippen LogP contribution in [0.3, 0.4) is 0 Å². The fourth-order valence-corrected chi connectivity index (χ4v) is 2.64. The van der Waals surface area contributed by atoms with Gasteiger partial charge in [-0.1, -0.05) is 12.8 Å². The maximum atomic E-state index is 5.29. The van der Waals surface area contributed by atoms with Crippen LogP contribution in [0.1, 0.15) is 37.8 Å². The summed E-state index contributed by atoms with van der Waals surface area (Å²) >= 11 is 5.29. The van der Waals surface area contributed by atoms with Gasteiger partial charge < -0.3 is 10.6 Å². The Bertz CT molecular complexity index is 382. The van der Waals surface area contributed by atoms with Gasteiger partial charge in [0.2, 0.25) is 0 Å². The van der Waals surface area contributed by atoms with Crippen molar-refractivity contribution in [1.82, 2.24) is 20.4 Å². The van der Waals surface area contributed by atoms with E-state index in [1.807, 2.05) is 16.9 Å². The average molecular weight is 266 g/mol. The number of aromatic nitrogens is 2. The molecule has 5 heteroatoms. The minimum atomic E-state index is 0.596. The summed E-state index contributed by atoms with van der Waals surface area (Å²) in [7, 11) is 0. The third-order valence-electron chi connectivity index (χ3n) is 3.45. The summed E-state index contributed by atoms with van der Waals surface area (Å²) in [5, 5.41) is 11.7. The zero-order chi connectivity index (χ0) is 12.8. The van der Waals surface area contributed by atoms with E-state index in [0.717, 1.165) is 24.6 Å². The molecule has 0 atom stereocenters. The second-order valence-corrected chi connectivity index (χ2v) is 5.34. The molecule has 0 saturated heterocycles. The first kappa shape index (κ1) is 13.3. The van der Waals surface area contributed by atoms with E-state index in [1.165, 1.54) is 31.4 Å². The summed E-state index contributed by atoms with van der Waals surface area (Å²) in [6, 6.07) is 2.62. The van der Waals surface area contributed by atoms with Gasteiger partial charge in [0.1, 0.15) is 0 Å². The van der Waals surface area contributed by atoms with E-state index in [0.29, 0.717) is 6.04 Å². The minimum absolute atomic E-state index is 0.596. The number of nitrogens with one attached hydrogen (secondary N) is 2. The lowest BCUT2D eigenvalue weighted by Crippen LogP contribution is -2.41. The second-order valence-electron chi connectivity index (χ2n) is 4.93. The van der Waals surface area contributed by atoms with Crippen molar-refractivity contribution >= 4 is 17.3 Å². The first-order valence-electron chi connectivity index (χ1n) is 6.78. The van der Waals surface area contributed by atoms with Crippen LogP contribution in [0.25, 0.3) is 0 Å². The third kappa shape index (κ3) is 3.98. The SMILES string of the molecule is Cc1ccnn1CCCNC(=S)NC1CCCC1. The fraction of sp³-hybridized carbons (Fsp3) is 0.692. The van der Waals surface area contributed by atoms with Crippen LogP contribution in [0.15, 0.2) is 12.3 Å². The minimum Gasteiger partial charge on any atom is -0.363 e. The molecule has 2 N–H and O–H groups in total. The number of hydrogen-bond donors (Lipinski definition) is 2. The molecule has 1 aromatic rings. The molecule has 1 aromatic heterocycles. The van der Waals surface area contributed by atoms with E-state index in [9.17, 15) is 0 Å². The van der Waals surface area contributed by atoms with Crippen LogP contribution in [0.4, 0.5) is 0 Å². The van der Waals surface area contributed by atoms with Gasteiger partial charge in [0.05, 0.1) is 0 Å². The molecule has 0 aliphatic heterocycles. The van der Waals surface area contributed by atoms with Crippen molar-refractivity contribution in [1.29, 1.82) is 0 Å². The van der Waals surface area contributed by atoms with Crippen molar-refractivity contribution < 1.29 is 0 Å². The number of hydrogen-bond acceptors (Lipinski definition) is 2. The first-order valence-corrected chi connectivity index (χ1v) is 7.19. The van der Waals surface area contributed by atoms with Crippen LogP contribution in [0.5, 0.6) is 0 Å². The van der Waals surface area contributed by atoms with E-state index in [-0.39, 0.29) is 0 Å². The van der Waals surface area contributed by atoms with Gasteiger partial charge in [-0.25, -0.2) is 0 Å². The molecular weight excluding hydrogens is 244 g/mol. The molecule has 2 rings (SSSR count). The van der Waals surface area contributed by atoms with Crippen molar-refractivity contribution in [2.24, 2.45) is 0 Å². The summed E-state index contributed by atoms with van der Waals surface area (Å²) in [5.74, 6) is 0. The normalized spacial score (nSPS) is 15.8. The van der Waals surface area contributed by atoms with E-state index < -0.39 is 0 Å². The molecule has 0 aromatic carbocycles. The van der Waals surface area contributed by atoms with E-state index in [4.69, 9.17) is 12.2 Å². The van der Waals surface area contributed by atoms with Crippen molar-refractivity contribution in [3.05, 3.63) is 18.0 Å². The summed E-state index contributed by atoms with van der Waals surface area (Å²) in [6.07, 6.45) is 8.06. The van der Waals surface area contributed by atoms with Gasteiger partial charge in [0.25, 0.3) is 0 Å². The zero-order valence-corrected chi connectivity index (χ0v) is 11.8. The van der Waals surface area contributed by atoms with Crippen LogP contribution >= 0.6 is 12.2 Å². The Morgan fingerprint density at radius 3 is 2.94 bits per heavy atom. The number of rotatable bonds is 5. The van der Waals surface area contributed by atoms with Crippen LogP contribution in [0.2, 0.25) is 0 Å². The zero-order valence-electron chi connectivity index (χ0n) is 11.0. The molecule has 0 bridgehead atoms. The Balaban J connectivity index is 1.57. The number of thiocarbonyl (C=S) groups is 1. The van der Waals surface area contributed by atoms with Crippen LogP contribution < -0.4 is 10.6 Å². The van der Waals surface area contributed by atoms with Crippen LogP contribution in [-0.4, -0.2) is 27.5 Å². The molecule has 18 heavy (non-hydrogen) atoms. The van der Waals surface area contributed by atoms with Crippen molar-refractivity contribution in [3.63, 3.8) is 0 Å². The lowest BCUT2D eigenvalue weighted by molar-refractivity contribution is 0.555. The van der Waals surface area contributed by atoms with Crippen LogP contribution in [-0.2, 0) is 6.54 Å². The van der Waals surface area contributed by atoms with Crippen molar-refractivity contribution in [3.8, 4) is 0 Å². The molecule has 0 amide bonds. The standard InChI is InChI=1S/C13H22N4S/c1-11-7-9-15-17(11)10-4-8-14-13(18)16-12-5-2-3-6-12/h7,9,12H,2-6,8,10H2,1H3,(H2,14,16,18). The Morgan fingerprint density at radius 1 is 1.50 bits per heavy atom. The van der Waals surface area contributed by atoms with Gasteiger partial charge in [0.15, 0.2) is 5.11 Å². The summed E-state index contributed by atoms with van der Waals surface area (Å²) < 4.78 is 2.02. The Morgan fingerprint density at radius 2 is 2.28 bits per heavy atom. The molecule has 1 saturated carbocycles. The molecule has 1 aliphatic carbocycles. The molecule has 100 valence electrons. The smallest absolute Gasteiger partial charge is 0.166 e. The summed E-state index contributed by atoms with van der Waals surface area (Å²) in [4.78, 5) is 0. The van der Waals surface area contributed by atoms with E-state index in [2.05, 4.69) is 22.7 Å². The highest BCUT2D eigenvalue weighted by Crippen LogP contribution is 2.17. The van der Waals surface area contributed by atoms with Crippen LogP contribution in [0, 0.1) is 6.92 Å². The highest BCUT2D eigenvalue weighted by Gasteiger charge is 2.14. The monoisotopic (exact) mass is 266 g/mol. The van der Waals surface area contributed by atoms with Gasteiger partial charge in [-0.15, -0.1) is 0 Å². The molecular formula is C13H22N4S. The number of nitrogens with zero attached hydrogens (tertiary/aromatic N) is 2. The molecule has 1 fully saturated rings. The second kappa shape index (κ2) is 6.73. The molecule has 1 aliphatic rings. The topological polar surface area (TPSA) is 41.9 Å². The highest BCUT2D eigenvalue weighted by molar-refractivity contribution is 7.80. The molecule has 0 spiro atoms. The predicted octanol–water partition coefficient (Wildman–Crippen LogP) is 1.99. The summed E-state index contributed by atoms with van der Waals surface area (Å²) in [6.45, 7) is 3.92. The first-order chi connectivity index (χ1) is 8.75. The molecule has 0 unspecified atom stereocenters. The Kier molecular flexibility index (Phi) is 4.99. The lowest BCUT2D eigenvalue weighted by atomic mass is 10.3. The molecule has 0 radical (unpaired) electrons. The van der Waals surface area contributed by atoms with Gasteiger partial charge >= 0.3 is 0 Å². The average Bonchev–Trinajstić information content (AvgIpc) is 2.97. The van der Waals surface area contributed by atoms with Gasteiger partial charge in [-0.05, 0) is 44.5 Å². The van der Waals surface area contributed by atoms with Gasteiger partial charge in [-0.3, -0.25) is 4.68 Å². The molecule has 1 heterocycles. The summed E-state index contributed by atoms with van der Waals surface area (Å²) in [5.41, 5.74) is 1.21. The Hall–Kier alpha value is -1.10.